The van der Waals surface area contributed by atoms with Crippen LogP contribution < -0.4 is 0 Å². The molecule has 1 aromatic heterocycles. The van der Waals surface area contributed by atoms with Crippen molar-refractivity contribution in [3.05, 3.63) is 17.5 Å². The molecule has 0 unspecified atom stereocenters. The van der Waals surface area contributed by atoms with Crippen molar-refractivity contribution >= 4 is 0 Å². The highest BCUT2D eigenvalue weighted by atomic mass is 19.3. The monoisotopic (exact) mass is 212 g/mol. The Morgan fingerprint density at radius 2 is 1.93 bits per heavy atom. The molecule has 0 amide bonds. The summed E-state index contributed by atoms with van der Waals surface area (Å²) in [5.74, 6) is 0. The highest BCUT2D eigenvalue weighted by Crippen LogP contribution is 2.24. The molecule has 1 aromatic rings. The number of aromatic nitrogens is 2. The summed E-state index contributed by atoms with van der Waals surface area (Å²) >= 11 is 0. The molecule has 1 heterocycles. The summed E-state index contributed by atoms with van der Waals surface area (Å²) in [4.78, 5) is 0. The molecular formula is C7H8F4N2O. The number of aliphatic hydroxyl groups excluding tert-OH is 1. The van der Waals surface area contributed by atoms with E-state index in [9.17, 15) is 17.6 Å². The average molecular weight is 212 g/mol. The molecule has 0 fully saturated rings. The second kappa shape index (κ2) is 4.41. The minimum Gasteiger partial charge on any atom is -0.394 e. The van der Waals surface area contributed by atoms with Crippen LogP contribution in [0.25, 0.3) is 0 Å². The van der Waals surface area contributed by atoms with Crippen LogP contribution in [0.2, 0.25) is 0 Å². The number of hydrogen-bond donors (Lipinski definition) is 1. The van der Waals surface area contributed by atoms with E-state index in [0.717, 1.165) is 0 Å². The third kappa shape index (κ3) is 2.22. The average Bonchev–Trinajstić information content (AvgIpc) is 2.49. The Morgan fingerprint density at radius 1 is 1.29 bits per heavy atom. The van der Waals surface area contributed by atoms with Crippen LogP contribution in [0.1, 0.15) is 24.2 Å². The lowest BCUT2D eigenvalue weighted by molar-refractivity contribution is 0.135. The topological polar surface area (TPSA) is 38.0 Å². The van der Waals surface area contributed by atoms with Crippen LogP contribution in [0.5, 0.6) is 0 Å². The van der Waals surface area contributed by atoms with Crippen LogP contribution in [-0.2, 0) is 6.54 Å². The Bertz CT molecular complexity index is 300. The zero-order valence-electron chi connectivity index (χ0n) is 7.00. The summed E-state index contributed by atoms with van der Waals surface area (Å²) in [7, 11) is 0. The van der Waals surface area contributed by atoms with Gasteiger partial charge in [0.1, 0.15) is 11.4 Å². The first kappa shape index (κ1) is 11.0. The maximum Gasteiger partial charge on any atom is 0.282 e. The third-order valence-corrected chi connectivity index (χ3v) is 1.59. The maximum atomic E-state index is 12.2. The van der Waals surface area contributed by atoms with E-state index in [1.165, 1.54) is 0 Å². The first-order chi connectivity index (χ1) is 6.56. The fourth-order valence-corrected chi connectivity index (χ4v) is 1.01. The van der Waals surface area contributed by atoms with Crippen molar-refractivity contribution in [2.45, 2.75) is 19.4 Å². The lowest BCUT2D eigenvalue weighted by atomic mass is 10.3. The second-order valence-electron chi connectivity index (χ2n) is 2.54. The van der Waals surface area contributed by atoms with Crippen molar-refractivity contribution in [2.24, 2.45) is 0 Å². The van der Waals surface area contributed by atoms with Gasteiger partial charge < -0.3 is 5.11 Å². The molecule has 80 valence electrons. The van der Waals surface area contributed by atoms with E-state index in [-0.39, 0.29) is 6.54 Å². The summed E-state index contributed by atoms with van der Waals surface area (Å²) in [5.41, 5.74) is -1.30. The van der Waals surface area contributed by atoms with E-state index in [4.69, 9.17) is 5.11 Å². The van der Waals surface area contributed by atoms with E-state index < -0.39 is 30.8 Å². The molecular weight excluding hydrogens is 204 g/mol. The first-order valence-corrected chi connectivity index (χ1v) is 3.81. The van der Waals surface area contributed by atoms with Crippen LogP contribution in [0.4, 0.5) is 17.6 Å². The summed E-state index contributed by atoms with van der Waals surface area (Å²) in [6.45, 7) is -0.642. The van der Waals surface area contributed by atoms with Crippen molar-refractivity contribution in [1.29, 1.82) is 0 Å². The Labute approximate surface area is 77.0 Å². The van der Waals surface area contributed by atoms with Gasteiger partial charge in [0.15, 0.2) is 0 Å². The van der Waals surface area contributed by atoms with Crippen molar-refractivity contribution in [2.75, 3.05) is 6.61 Å². The molecule has 14 heavy (non-hydrogen) atoms. The minimum absolute atomic E-state index is 0.216. The number of alkyl halides is 4. The Balaban J connectivity index is 2.99. The van der Waals surface area contributed by atoms with Crippen molar-refractivity contribution in [1.82, 2.24) is 9.78 Å². The SMILES string of the molecule is OCCn1nc(C(F)F)cc1C(F)F. The van der Waals surface area contributed by atoms with E-state index in [1.54, 1.807) is 0 Å². The lowest BCUT2D eigenvalue weighted by Crippen LogP contribution is -2.08. The number of rotatable bonds is 4. The maximum absolute atomic E-state index is 12.2. The van der Waals surface area contributed by atoms with Crippen LogP contribution >= 0.6 is 0 Å². The Hall–Kier alpha value is -1.11. The van der Waals surface area contributed by atoms with Gasteiger partial charge in [-0.2, -0.15) is 5.10 Å². The van der Waals surface area contributed by atoms with Gasteiger partial charge in [-0.1, -0.05) is 0 Å². The third-order valence-electron chi connectivity index (χ3n) is 1.59. The number of aliphatic hydroxyl groups is 1. The molecule has 0 radical (unpaired) electrons. The highest BCUT2D eigenvalue weighted by molar-refractivity contribution is 5.12. The predicted octanol–water partition coefficient (Wildman–Crippen LogP) is 1.75. The largest absolute Gasteiger partial charge is 0.394 e. The summed E-state index contributed by atoms with van der Waals surface area (Å²) in [5, 5.41) is 11.7. The molecule has 0 aromatic carbocycles. The number of hydrogen-bond acceptors (Lipinski definition) is 2. The molecule has 0 saturated carbocycles. The fraction of sp³-hybridized carbons (Fsp3) is 0.571. The van der Waals surface area contributed by atoms with Crippen molar-refractivity contribution in [3.63, 3.8) is 0 Å². The molecule has 7 heteroatoms. The van der Waals surface area contributed by atoms with Gasteiger partial charge in [-0.25, -0.2) is 17.6 Å². The molecule has 3 nitrogen and oxygen atoms in total. The van der Waals surface area contributed by atoms with Crippen LogP contribution in [0.3, 0.4) is 0 Å². The van der Waals surface area contributed by atoms with Crippen LogP contribution in [0.15, 0.2) is 6.07 Å². The van der Waals surface area contributed by atoms with Gasteiger partial charge in [-0.3, -0.25) is 4.68 Å². The predicted molar refractivity (Wildman–Crippen MR) is 39.2 cm³/mol. The summed E-state index contributed by atoms with van der Waals surface area (Å²) in [6.07, 6.45) is -5.76. The normalized spacial score (nSPS) is 11.6. The zero-order chi connectivity index (χ0) is 10.7. The van der Waals surface area contributed by atoms with E-state index >= 15 is 0 Å². The van der Waals surface area contributed by atoms with Gasteiger partial charge in [-0.05, 0) is 6.07 Å². The highest BCUT2D eigenvalue weighted by Gasteiger charge is 2.20. The Morgan fingerprint density at radius 3 is 2.36 bits per heavy atom. The summed E-state index contributed by atoms with van der Waals surface area (Å²) in [6, 6.07) is 0.644. The van der Waals surface area contributed by atoms with Gasteiger partial charge in [-0.15, -0.1) is 0 Å². The molecule has 0 aliphatic heterocycles. The van der Waals surface area contributed by atoms with E-state index in [2.05, 4.69) is 5.10 Å². The van der Waals surface area contributed by atoms with E-state index in [0.29, 0.717) is 10.7 Å². The molecule has 1 N–H and O–H groups in total. The molecule has 0 spiro atoms. The zero-order valence-corrected chi connectivity index (χ0v) is 7.00. The van der Waals surface area contributed by atoms with Crippen molar-refractivity contribution < 1.29 is 22.7 Å². The minimum atomic E-state index is -2.88. The number of nitrogens with zero attached hydrogens (tertiary/aromatic N) is 2. The van der Waals surface area contributed by atoms with Gasteiger partial charge in [0, 0.05) is 0 Å². The lowest BCUT2D eigenvalue weighted by Gasteiger charge is -2.02. The van der Waals surface area contributed by atoms with Gasteiger partial charge >= 0.3 is 0 Å². The molecule has 0 aliphatic rings. The molecule has 0 saturated heterocycles. The van der Waals surface area contributed by atoms with Gasteiger partial charge in [0.25, 0.3) is 12.9 Å². The van der Waals surface area contributed by atoms with E-state index in [1.807, 2.05) is 0 Å². The second-order valence-corrected chi connectivity index (χ2v) is 2.54. The van der Waals surface area contributed by atoms with Gasteiger partial charge in [0.05, 0.1) is 13.2 Å². The molecule has 0 bridgehead atoms. The molecule has 0 aliphatic carbocycles. The molecule has 0 atom stereocenters. The van der Waals surface area contributed by atoms with Crippen LogP contribution in [0, 0.1) is 0 Å². The summed E-state index contributed by atoms with van der Waals surface area (Å²) < 4.78 is 49.3. The smallest absolute Gasteiger partial charge is 0.282 e. The Kier molecular flexibility index (Phi) is 3.45. The van der Waals surface area contributed by atoms with Crippen LogP contribution in [-0.4, -0.2) is 21.5 Å². The fourth-order valence-electron chi connectivity index (χ4n) is 1.01. The molecule has 1 rings (SSSR count). The number of halogens is 4. The van der Waals surface area contributed by atoms with Gasteiger partial charge in [0.2, 0.25) is 0 Å². The standard InChI is InChI=1S/C7H8F4N2O/c8-6(9)4-3-5(7(10)11)13(12-4)1-2-14/h3,6-7,14H,1-2H2. The first-order valence-electron chi connectivity index (χ1n) is 3.81. The quantitative estimate of drug-likeness (QED) is 0.772. The van der Waals surface area contributed by atoms with Crippen molar-refractivity contribution in [3.8, 4) is 0 Å².